The Morgan fingerprint density at radius 1 is 1.24 bits per heavy atom. The molecule has 0 aromatic heterocycles. The fraction of sp³-hybridized carbons (Fsp3) is 0.300. The van der Waals surface area contributed by atoms with Crippen LogP contribution in [0.15, 0.2) is 58.4 Å². The summed E-state index contributed by atoms with van der Waals surface area (Å²) in [4.78, 5) is 18.3. The third-order valence-corrected chi connectivity index (χ3v) is 5.22. The summed E-state index contributed by atoms with van der Waals surface area (Å²) >= 11 is 1.88. The van der Waals surface area contributed by atoms with Crippen LogP contribution in [-0.4, -0.2) is 24.5 Å². The number of anilines is 1. The van der Waals surface area contributed by atoms with E-state index in [9.17, 15) is 4.79 Å². The van der Waals surface area contributed by atoms with Crippen LogP contribution in [0, 0.1) is 0 Å². The molecule has 0 saturated carbocycles. The Morgan fingerprint density at radius 2 is 2.00 bits per heavy atom. The van der Waals surface area contributed by atoms with Crippen LogP contribution in [0.4, 0.5) is 5.69 Å². The summed E-state index contributed by atoms with van der Waals surface area (Å²) < 4.78 is 5.12. The Hall–Kier alpha value is -2.27. The van der Waals surface area contributed by atoms with Gasteiger partial charge in [-0.3, -0.25) is 9.79 Å². The molecule has 4 nitrogen and oxygen atoms in total. The summed E-state index contributed by atoms with van der Waals surface area (Å²) in [6.45, 7) is 1.93. The average Bonchev–Trinajstić information content (AvgIpc) is 2.62. The molecule has 25 heavy (non-hydrogen) atoms. The molecule has 0 aliphatic carbocycles. The molecule has 0 fully saturated rings. The van der Waals surface area contributed by atoms with E-state index in [0.717, 1.165) is 29.3 Å². The van der Waals surface area contributed by atoms with E-state index in [1.54, 1.807) is 7.11 Å². The number of nitrogens with one attached hydrogen (secondary N) is 1. The molecule has 2 aromatic carbocycles. The summed E-state index contributed by atoms with van der Waals surface area (Å²) in [7, 11) is 1.62. The van der Waals surface area contributed by atoms with Gasteiger partial charge in [-0.25, -0.2) is 0 Å². The second-order valence-corrected chi connectivity index (χ2v) is 7.15. The molecule has 1 N–H and O–H groups in total. The normalized spacial score (nSPS) is 16.9. The second-order valence-electron chi connectivity index (χ2n) is 6.01. The average molecular weight is 354 g/mol. The quantitative estimate of drug-likeness (QED) is 0.790. The van der Waals surface area contributed by atoms with Crippen molar-refractivity contribution < 1.29 is 9.53 Å². The first-order chi connectivity index (χ1) is 12.2. The second kappa shape index (κ2) is 8.21. The lowest BCUT2D eigenvalue weighted by molar-refractivity contribution is -0.115. The molecule has 3 rings (SSSR count). The first kappa shape index (κ1) is 17.5. The minimum atomic E-state index is -0.0510. The molecule has 1 atom stereocenters. The van der Waals surface area contributed by atoms with E-state index in [0.29, 0.717) is 6.42 Å². The Bertz CT molecular complexity index is 772. The van der Waals surface area contributed by atoms with Crippen molar-refractivity contribution in [3.8, 4) is 5.75 Å². The fourth-order valence-corrected chi connectivity index (χ4v) is 3.99. The Kier molecular flexibility index (Phi) is 5.76. The molecule has 1 aliphatic heterocycles. The van der Waals surface area contributed by atoms with E-state index in [4.69, 9.17) is 9.73 Å². The molecule has 1 heterocycles. The van der Waals surface area contributed by atoms with E-state index in [1.165, 1.54) is 10.5 Å². The number of thioether (sulfide) groups is 1. The minimum Gasteiger partial charge on any atom is -0.497 e. The SMILES string of the molecule is COc1ccc(NC(=O)CC(C)=N[C@@H]2CCSc3ccccc32)cc1. The van der Waals surface area contributed by atoms with Crippen molar-refractivity contribution in [1.82, 2.24) is 0 Å². The smallest absolute Gasteiger partial charge is 0.230 e. The van der Waals surface area contributed by atoms with Crippen molar-refractivity contribution >= 4 is 29.1 Å². The van der Waals surface area contributed by atoms with Gasteiger partial charge in [0.05, 0.1) is 19.6 Å². The van der Waals surface area contributed by atoms with Crippen molar-refractivity contribution in [2.45, 2.75) is 30.7 Å². The lowest BCUT2D eigenvalue weighted by Crippen LogP contribution is -2.16. The summed E-state index contributed by atoms with van der Waals surface area (Å²) in [5.41, 5.74) is 2.89. The summed E-state index contributed by atoms with van der Waals surface area (Å²) in [5.74, 6) is 1.78. The van der Waals surface area contributed by atoms with Gasteiger partial charge in [-0.05, 0) is 49.2 Å². The van der Waals surface area contributed by atoms with Gasteiger partial charge in [-0.1, -0.05) is 18.2 Å². The minimum absolute atomic E-state index is 0.0510. The largest absolute Gasteiger partial charge is 0.497 e. The van der Waals surface area contributed by atoms with Gasteiger partial charge in [-0.15, -0.1) is 11.8 Å². The molecule has 1 amide bonds. The van der Waals surface area contributed by atoms with Crippen LogP contribution in [0.1, 0.15) is 31.4 Å². The number of benzene rings is 2. The highest BCUT2D eigenvalue weighted by Gasteiger charge is 2.19. The Labute approximate surface area is 152 Å². The van der Waals surface area contributed by atoms with Gasteiger partial charge in [0, 0.05) is 22.0 Å². The van der Waals surface area contributed by atoms with Crippen LogP contribution < -0.4 is 10.1 Å². The van der Waals surface area contributed by atoms with E-state index in [2.05, 4.69) is 29.6 Å². The van der Waals surface area contributed by atoms with Crippen LogP contribution in [-0.2, 0) is 4.79 Å². The Morgan fingerprint density at radius 3 is 2.76 bits per heavy atom. The summed E-state index contributed by atoms with van der Waals surface area (Å²) in [6.07, 6.45) is 1.32. The molecule has 0 bridgehead atoms. The standard InChI is InChI=1S/C20H22N2O2S/c1-14(13-20(23)22-15-7-9-16(24-2)10-8-15)21-18-11-12-25-19-6-4-3-5-17(18)19/h3-10,18H,11-13H2,1-2H3,(H,22,23)/t18-/m1/s1. The highest BCUT2D eigenvalue weighted by molar-refractivity contribution is 7.99. The van der Waals surface area contributed by atoms with Crippen LogP contribution in [0.5, 0.6) is 5.75 Å². The third kappa shape index (κ3) is 4.63. The predicted molar refractivity (Wildman–Crippen MR) is 104 cm³/mol. The van der Waals surface area contributed by atoms with E-state index >= 15 is 0 Å². The molecular weight excluding hydrogens is 332 g/mol. The van der Waals surface area contributed by atoms with Crippen molar-refractivity contribution in [2.24, 2.45) is 4.99 Å². The van der Waals surface area contributed by atoms with E-state index < -0.39 is 0 Å². The topological polar surface area (TPSA) is 50.7 Å². The predicted octanol–water partition coefficient (Wildman–Crippen LogP) is 4.72. The van der Waals surface area contributed by atoms with Crippen LogP contribution in [0.3, 0.4) is 0 Å². The highest BCUT2D eigenvalue weighted by atomic mass is 32.2. The number of ether oxygens (including phenoxy) is 1. The van der Waals surface area contributed by atoms with Gasteiger partial charge >= 0.3 is 0 Å². The van der Waals surface area contributed by atoms with Gasteiger partial charge < -0.3 is 10.1 Å². The number of amides is 1. The molecule has 1 aliphatic rings. The van der Waals surface area contributed by atoms with Gasteiger partial charge in [0.1, 0.15) is 5.75 Å². The molecule has 0 radical (unpaired) electrons. The van der Waals surface area contributed by atoms with E-state index in [-0.39, 0.29) is 11.9 Å². The molecule has 0 saturated heterocycles. The first-order valence-electron chi connectivity index (χ1n) is 8.34. The van der Waals surface area contributed by atoms with Gasteiger partial charge in [0.15, 0.2) is 0 Å². The fourth-order valence-electron chi connectivity index (χ4n) is 2.88. The molecule has 2 aromatic rings. The molecule has 0 spiro atoms. The maximum atomic E-state index is 12.2. The molecule has 0 unspecified atom stereocenters. The molecular formula is C20H22N2O2S. The number of carbonyl (C=O) groups excluding carboxylic acids is 1. The Balaban J connectivity index is 1.62. The lowest BCUT2D eigenvalue weighted by Gasteiger charge is -2.22. The maximum absolute atomic E-state index is 12.2. The zero-order chi connectivity index (χ0) is 17.6. The molecule has 130 valence electrons. The summed E-state index contributed by atoms with van der Waals surface area (Å²) in [5, 5.41) is 2.90. The van der Waals surface area contributed by atoms with Crippen LogP contribution in [0.2, 0.25) is 0 Å². The monoisotopic (exact) mass is 354 g/mol. The number of hydrogen-bond acceptors (Lipinski definition) is 4. The zero-order valence-electron chi connectivity index (χ0n) is 14.5. The number of fused-ring (bicyclic) bond motifs is 1. The first-order valence-corrected chi connectivity index (χ1v) is 9.33. The number of methoxy groups -OCH3 is 1. The van der Waals surface area contributed by atoms with Crippen LogP contribution in [0.25, 0.3) is 0 Å². The maximum Gasteiger partial charge on any atom is 0.230 e. The van der Waals surface area contributed by atoms with Crippen molar-refractivity contribution in [1.29, 1.82) is 0 Å². The number of aliphatic imine (C=N–C) groups is 1. The number of carbonyl (C=O) groups is 1. The highest BCUT2D eigenvalue weighted by Crippen LogP contribution is 2.38. The number of hydrogen-bond donors (Lipinski definition) is 1. The van der Waals surface area contributed by atoms with Crippen molar-refractivity contribution in [3.63, 3.8) is 0 Å². The third-order valence-electron chi connectivity index (χ3n) is 4.09. The van der Waals surface area contributed by atoms with E-state index in [1.807, 2.05) is 43.0 Å². The van der Waals surface area contributed by atoms with Gasteiger partial charge in [-0.2, -0.15) is 0 Å². The van der Waals surface area contributed by atoms with Crippen molar-refractivity contribution in [2.75, 3.05) is 18.2 Å². The lowest BCUT2D eigenvalue weighted by atomic mass is 10.0. The summed E-state index contributed by atoms with van der Waals surface area (Å²) in [6, 6.07) is 15.9. The van der Waals surface area contributed by atoms with Crippen LogP contribution >= 0.6 is 11.8 Å². The van der Waals surface area contributed by atoms with Crippen molar-refractivity contribution in [3.05, 3.63) is 54.1 Å². The van der Waals surface area contributed by atoms with Gasteiger partial charge in [0.25, 0.3) is 0 Å². The zero-order valence-corrected chi connectivity index (χ0v) is 15.3. The number of nitrogens with zero attached hydrogens (tertiary/aromatic N) is 1. The molecule has 5 heteroatoms. The van der Waals surface area contributed by atoms with Gasteiger partial charge in [0.2, 0.25) is 5.91 Å². The number of rotatable bonds is 5.